The van der Waals surface area contributed by atoms with Crippen LogP contribution in [0.3, 0.4) is 0 Å². The largest absolute Gasteiger partial charge is 0.313 e. The Morgan fingerprint density at radius 3 is 2.94 bits per heavy atom. The molecule has 0 aromatic heterocycles. The second-order valence-corrected chi connectivity index (χ2v) is 7.23. The first-order valence-electron chi connectivity index (χ1n) is 7.32. The molecule has 5 unspecified atom stereocenters. The molecule has 3 aliphatic carbocycles. The normalized spacial score (nSPS) is 42.9. The first-order chi connectivity index (χ1) is 8.40. The molecular formula is C15H25NS. The van der Waals surface area contributed by atoms with Gasteiger partial charge >= 0.3 is 0 Å². The summed E-state index contributed by atoms with van der Waals surface area (Å²) >= 11 is 2.00. The van der Waals surface area contributed by atoms with Crippen molar-refractivity contribution in [2.24, 2.45) is 23.7 Å². The van der Waals surface area contributed by atoms with Crippen LogP contribution in [0.1, 0.15) is 32.1 Å². The molecule has 3 fully saturated rings. The van der Waals surface area contributed by atoms with Gasteiger partial charge in [-0.05, 0) is 49.4 Å². The lowest BCUT2D eigenvalue weighted by molar-refractivity contribution is 0.211. The molecule has 17 heavy (non-hydrogen) atoms. The average molecular weight is 251 g/mol. The first kappa shape index (κ1) is 12.1. The number of hydrogen-bond acceptors (Lipinski definition) is 2. The molecule has 3 rings (SSSR count). The zero-order valence-corrected chi connectivity index (χ0v) is 11.6. The van der Waals surface area contributed by atoms with E-state index in [2.05, 4.69) is 11.9 Å². The van der Waals surface area contributed by atoms with Crippen molar-refractivity contribution in [2.45, 2.75) is 38.1 Å². The van der Waals surface area contributed by atoms with Crippen LogP contribution in [-0.4, -0.2) is 24.1 Å². The average Bonchev–Trinajstić information content (AvgIpc) is 3.00. The zero-order chi connectivity index (χ0) is 11.7. The van der Waals surface area contributed by atoms with Crippen LogP contribution in [0.4, 0.5) is 0 Å². The van der Waals surface area contributed by atoms with E-state index in [0.717, 1.165) is 35.5 Å². The molecule has 2 bridgehead atoms. The van der Waals surface area contributed by atoms with E-state index in [1.54, 1.807) is 12.8 Å². The second-order valence-electron chi connectivity index (χ2n) is 6.08. The van der Waals surface area contributed by atoms with Gasteiger partial charge in [0.15, 0.2) is 0 Å². The lowest BCUT2D eigenvalue weighted by Crippen LogP contribution is -2.40. The highest BCUT2D eigenvalue weighted by Crippen LogP contribution is 2.58. The van der Waals surface area contributed by atoms with Crippen molar-refractivity contribution in [1.29, 1.82) is 0 Å². The molecule has 0 spiro atoms. The third kappa shape index (κ3) is 2.31. The van der Waals surface area contributed by atoms with Gasteiger partial charge in [-0.3, -0.25) is 0 Å². The third-order valence-electron chi connectivity index (χ3n) is 5.32. The molecule has 0 heterocycles. The van der Waals surface area contributed by atoms with Crippen molar-refractivity contribution in [2.75, 3.05) is 18.1 Å². The van der Waals surface area contributed by atoms with Gasteiger partial charge < -0.3 is 5.32 Å². The minimum absolute atomic E-state index is 0.865. The number of hydrogen-bond donors (Lipinski definition) is 1. The van der Waals surface area contributed by atoms with Gasteiger partial charge in [-0.15, -0.1) is 6.58 Å². The Morgan fingerprint density at radius 2 is 2.06 bits per heavy atom. The van der Waals surface area contributed by atoms with Gasteiger partial charge in [-0.25, -0.2) is 0 Å². The summed E-state index contributed by atoms with van der Waals surface area (Å²) < 4.78 is 0. The van der Waals surface area contributed by atoms with Crippen molar-refractivity contribution in [3.63, 3.8) is 0 Å². The lowest BCUT2D eigenvalue weighted by Gasteiger charge is -2.32. The highest BCUT2D eigenvalue weighted by Gasteiger charge is 2.53. The summed E-state index contributed by atoms with van der Waals surface area (Å²) in [7, 11) is 0. The molecule has 1 nitrogen and oxygen atoms in total. The summed E-state index contributed by atoms with van der Waals surface area (Å²) in [6, 6.07) is 0.865. The van der Waals surface area contributed by atoms with Gasteiger partial charge in [-0.2, -0.15) is 11.8 Å². The van der Waals surface area contributed by atoms with E-state index in [9.17, 15) is 0 Å². The lowest BCUT2D eigenvalue weighted by atomic mass is 9.79. The van der Waals surface area contributed by atoms with Gasteiger partial charge in [0.2, 0.25) is 0 Å². The number of fused-ring (bicyclic) bond motifs is 5. The molecule has 0 aliphatic heterocycles. The van der Waals surface area contributed by atoms with Crippen LogP contribution in [0.15, 0.2) is 12.7 Å². The SMILES string of the molecule is C=CCSCCNC1CC2CC1C1CCCC21. The van der Waals surface area contributed by atoms with Crippen molar-refractivity contribution in [1.82, 2.24) is 5.32 Å². The molecule has 0 saturated heterocycles. The summed E-state index contributed by atoms with van der Waals surface area (Å²) in [6.07, 6.45) is 9.64. The molecule has 0 aromatic carbocycles. The van der Waals surface area contributed by atoms with Crippen LogP contribution in [0.5, 0.6) is 0 Å². The van der Waals surface area contributed by atoms with Crippen LogP contribution in [0.2, 0.25) is 0 Å². The summed E-state index contributed by atoms with van der Waals surface area (Å²) in [6.45, 7) is 4.96. The van der Waals surface area contributed by atoms with E-state index in [1.807, 2.05) is 17.8 Å². The van der Waals surface area contributed by atoms with Crippen molar-refractivity contribution >= 4 is 11.8 Å². The molecule has 3 saturated carbocycles. The van der Waals surface area contributed by atoms with Crippen LogP contribution in [-0.2, 0) is 0 Å². The first-order valence-corrected chi connectivity index (χ1v) is 8.47. The van der Waals surface area contributed by atoms with Gasteiger partial charge in [0.25, 0.3) is 0 Å². The molecule has 1 N–H and O–H groups in total. The molecular weight excluding hydrogens is 226 g/mol. The maximum atomic E-state index is 3.83. The monoisotopic (exact) mass is 251 g/mol. The molecule has 3 aliphatic rings. The Kier molecular flexibility index (Phi) is 3.81. The van der Waals surface area contributed by atoms with Crippen LogP contribution >= 0.6 is 11.8 Å². The highest BCUT2D eigenvalue weighted by molar-refractivity contribution is 7.99. The predicted molar refractivity (Wildman–Crippen MR) is 76.4 cm³/mol. The van der Waals surface area contributed by atoms with Crippen LogP contribution in [0.25, 0.3) is 0 Å². The van der Waals surface area contributed by atoms with E-state index >= 15 is 0 Å². The van der Waals surface area contributed by atoms with Gasteiger partial charge in [-0.1, -0.05) is 12.5 Å². The molecule has 0 aromatic rings. The van der Waals surface area contributed by atoms with Crippen molar-refractivity contribution in [3.8, 4) is 0 Å². The molecule has 96 valence electrons. The number of thioether (sulfide) groups is 1. The predicted octanol–water partition coefficient (Wildman–Crippen LogP) is 3.32. The van der Waals surface area contributed by atoms with E-state index in [0.29, 0.717) is 0 Å². The maximum absolute atomic E-state index is 3.83. The molecule has 5 atom stereocenters. The van der Waals surface area contributed by atoms with Gasteiger partial charge in [0, 0.05) is 24.1 Å². The van der Waals surface area contributed by atoms with E-state index < -0.39 is 0 Å². The quantitative estimate of drug-likeness (QED) is 0.574. The number of rotatable bonds is 6. The standard InChI is InChI=1S/C15H25NS/c1-2-7-17-8-6-16-15-10-11-9-14(15)13-5-3-4-12(11)13/h2,11-16H,1,3-10H2. The van der Waals surface area contributed by atoms with Crippen LogP contribution < -0.4 is 5.32 Å². The van der Waals surface area contributed by atoms with Crippen molar-refractivity contribution < 1.29 is 0 Å². The Balaban J connectivity index is 1.43. The fraction of sp³-hybridized carbons (Fsp3) is 0.867. The summed E-state index contributed by atoms with van der Waals surface area (Å²) in [5, 5.41) is 3.83. The van der Waals surface area contributed by atoms with Gasteiger partial charge in [0.1, 0.15) is 0 Å². The second kappa shape index (κ2) is 5.36. The topological polar surface area (TPSA) is 12.0 Å². The van der Waals surface area contributed by atoms with E-state index in [4.69, 9.17) is 0 Å². The molecule has 0 amide bonds. The Hall–Kier alpha value is 0.0500. The third-order valence-corrected chi connectivity index (χ3v) is 6.28. The summed E-state index contributed by atoms with van der Waals surface area (Å²) in [4.78, 5) is 0. The highest BCUT2D eigenvalue weighted by atomic mass is 32.2. The van der Waals surface area contributed by atoms with E-state index in [-0.39, 0.29) is 0 Å². The molecule has 2 heteroatoms. The smallest absolute Gasteiger partial charge is 0.0111 e. The minimum Gasteiger partial charge on any atom is -0.313 e. The zero-order valence-electron chi connectivity index (χ0n) is 10.7. The number of nitrogens with one attached hydrogen (secondary N) is 1. The minimum atomic E-state index is 0.865. The molecule has 0 radical (unpaired) electrons. The van der Waals surface area contributed by atoms with E-state index in [1.165, 1.54) is 31.6 Å². The Labute approximate surface area is 110 Å². The van der Waals surface area contributed by atoms with Gasteiger partial charge in [0.05, 0.1) is 0 Å². The fourth-order valence-corrected chi connectivity index (χ4v) is 5.38. The summed E-state index contributed by atoms with van der Waals surface area (Å²) in [5.41, 5.74) is 0. The van der Waals surface area contributed by atoms with Crippen LogP contribution in [0, 0.1) is 23.7 Å². The summed E-state index contributed by atoms with van der Waals surface area (Å²) in [5.74, 6) is 6.71. The van der Waals surface area contributed by atoms with Crippen molar-refractivity contribution in [3.05, 3.63) is 12.7 Å². The fourth-order valence-electron chi connectivity index (χ4n) is 4.79. The Morgan fingerprint density at radius 1 is 1.18 bits per heavy atom. The maximum Gasteiger partial charge on any atom is 0.0111 e. The Bertz CT molecular complexity index is 278.